The molecule has 0 saturated heterocycles. The lowest BCUT2D eigenvalue weighted by Gasteiger charge is -2.19. The molecule has 2 rings (SSSR count). The van der Waals surface area contributed by atoms with Gasteiger partial charge in [-0.15, -0.1) is 0 Å². The van der Waals surface area contributed by atoms with E-state index in [1.165, 1.54) is 36.9 Å². The van der Waals surface area contributed by atoms with E-state index in [-0.39, 0.29) is 1.43 Å². The molecular formula is C9H16N2. The lowest BCUT2D eigenvalue weighted by molar-refractivity contribution is 0.537. The van der Waals surface area contributed by atoms with E-state index in [9.17, 15) is 0 Å². The molecule has 1 N–H and O–H groups in total. The maximum absolute atomic E-state index is 4.08. The number of hydrogen-bond acceptors (Lipinski definition) is 1. The fourth-order valence-electron chi connectivity index (χ4n) is 1.98. The summed E-state index contributed by atoms with van der Waals surface area (Å²) in [5, 5.41) is 7.15. The van der Waals surface area contributed by atoms with Gasteiger partial charge in [-0.25, -0.2) is 0 Å². The number of aryl methyl sites for hydroxylation is 1. The van der Waals surface area contributed by atoms with Crippen molar-refractivity contribution in [3.63, 3.8) is 0 Å². The van der Waals surface area contributed by atoms with Gasteiger partial charge in [0.1, 0.15) is 0 Å². The molecule has 1 atom stereocenters. The monoisotopic (exact) mass is 152 g/mol. The Labute approximate surface area is 68.5 Å². The number of hydrogen-bond donors (Lipinski definition) is 1. The van der Waals surface area contributed by atoms with Crippen molar-refractivity contribution >= 4 is 0 Å². The van der Waals surface area contributed by atoms with Gasteiger partial charge in [0.05, 0.1) is 6.20 Å². The van der Waals surface area contributed by atoms with Crippen molar-refractivity contribution in [2.45, 2.75) is 38.5 Å². The molecule has 2 nitrogen and oxygen atoms in total. The molecule has 0 spiro atoms. The first-order chi connectivity index (χ1) is 5.42. The van der Waals surface area contributed by atoms with Crippen LogP contribution in [-0.2, 0) is 6.42 Å². The molecule has 1 aliphatic rings. The molecule has 0 aromatic carbocycles. The Morgan fingerprint density at radius 1 is 1.82 bits per heavy atom. The second kappa shape index (κ2) is 2.68. The van der Waals surface area contributed by atoms with E-state index in [1.54, 1.807) is 0 Å². The molecule has 2 heteroatoms. The van der Waals surface area contributed by atoms with Crippen LogP contribution in [0.5, 0.6) is 0 Å². The van der Waals surface area contributed by atoms with Crippen molar-refractivity contribution in [1.29, 1.82) is 0 Å². The van der Waals surface area contributed by atoms with Crippen molar-refractivity contribution in [1.82, 2.24) is 10.2 Å². The normalized spacial score (nSPS) is 23.2. The summed E-state index contributed by atoms with van der Waals surface area (Å²) in [6.45, 7) is 2.26. The Kier molecular flexibility index (Phi) is 1.68. The average Bonchev–Trinajstić information content (AvgIpc) is 2.50. The molecule has 1 unspecified atom stereocenters. The second-order valence-corrected chi connectivity index (χ2v) is 3.30. The van der Waals surface area contributed by atoms with E-state index >= 15 is 0 Å². The molecule has 1 aromatic rings. The highest BCUT2D eigenvalue weighted by molar-refractivity contribution is 5.23. The molecule has 1 aliphatic carbocycles. The molecule has 1 heterocycles. The minimum atomic E-state index is 0. The van der Waals surface area contributed by atoms with Gasteiger partial charge in [-0.2, -0.15) is 5.10 Å². The summed E-state index contributed by atoms with van der Waals surface area (Å²) in [5.74, 6) is 0.775. The van der Waals surface area contributed by atoms with Crippen molar-refractivity contribution in [3.8, 4) is 0 Å². The van der Waals surface area contributed by atoms with Gasteiger partial charge in [-0.3, -0.25) is 5.10 Å². The van der Waals surface area contributed by atoms with Gasteiger partial charge in [0.15, 0.2) is 0 Å². The predicted octanol–water partition coefficient (Wildman–Crippen LogP) is 2.49. The average molecular weight is 152 g/mol. The Morgan fingerprint density at radius 3 is 3.55 bits per heavy atom. The third-order valence-corrected chi connectivity index (χ3v) is 2.66. The van der Waals surface area contributed by atoms with Crippen molar-refractivity contribution < 1.29 is 1.43 Å². The number of H-pyrrole nitrogens is 1. The quantitative estimate of drug-likeness (QED) is 0.658. The van der Waals surface area contributed by atoms with E-state index in [1.807, 2.05) is 6.20 Å². The number of aromatic nitrogens is 2. The van der Waals surface area contributed by atoms with Gasteiger partial charge < -0.3 is 0 Å². The van der Waals surface area contributed by atoms with Crippen molar-refractivity contribution in [2.24, 2.45) is 0 Å². The third-order valence-electron chi connectivity index (χ3n) is 2.66. The fourth-order valence-corrected chi connectivity index (χ4v) is 1.98. The molecule has 0 fully saturated rings. The Morgan fingerprint density at radius 2 is 2.73 bits per heavy atom. The molecule has 11 heavy (non-hydrogen) atoms. The SMILES string of the molecule is CCC1CCCc2[nH]ncc21.[HH]. The predicted molar refractivity (Wildman–Crippen MR) is 46.7 cm³/mol. The Balaban J connectivity index is 0.000000720. The summed E-state index contributed by atoms with van der Waals surface area (Å²) in [6.07, 6.45) is 7.14. The Bertz CT molecular complexity index is 244. The zero-order valence-electron chi connectivity index (χ0n) is 6.93. The van der Waals surface area contributed by atoms with E-state index in [0.717, 1.165) is 5.92 Å². The summed E-state index contributed by atoms with van der Waals surface area (Å²) in [7, 11) is 0. The molecule has 0 radical (unpaired) electrons. The van der Waals surface area contributed by atoms with Crippen LogP contribution in [0.4, 0.5) is 0 Å². The molecule has 1 aromatic heterocycles. The number of aromatic amines is 1. The smallest absolute Gasteiger partial charge is 0.0524 e. The molecular weight excluding hydrogens is 136 g/mol. The third kappa shape index (κ3) is 1.06. The zero-order chi connectivity index (χ0) is 7.68. The summed E-state index contributed by atoms with van der Waals surface area (Å²) in [4.78, 5) is 0. The number of nitrogens with one attached hydrogen (secondary N) is 1. The van der Waals surface area contributed by atoms with Crippen LogP contribution >= 0.6 is 0 Å². The molecule has 0 saturated carbocycles. The lowest BCUT2D eigenvalue weighted by Crippen LogP contribution is -2.06. The first kappa shape index (κ1) is 6.89. The van der Waals surface area contributed by atoms with Crippen LogP contribution < -0.4 is 0 Å². The van der Waals surface area contributed by atoms with Gasteiger partial charge in [0.25, 0.3) is 0 Å². The van der Waals surface area contributed by atoms with E-state index in [4.69, 9.17) is 0 Å². The summed E-state index contributed by atoms with van der Waals surface area (Å²) >= 11 is 0. The minimum absolute atomic E-state index is 0. The van der Waals surface area contributed by atoms with E-state index in [0.29, 0.717) is 0 Å². The van der Waals surface area contributed by atoms with Crippen LogP contribution in [-0.4, -0.2) is 10.2 Å². The first-order valence-electron chi connectivity index (χ1n) is 4.44. The maximum atomic E-state index is 4.08. The van der Waals surface area contributed by atoms with Crippen LogP contribution in [0.15, 0.2) is 6.20 Å². The Hall–Kier alpha value is -0.790. The van der Waals surface area contributed by atoms with Gasteiger partial charge in [-0.1, -0.05) is 6.92 Å². The molecule has 0 bridgehead atoms. The summed E-state index contributed by atoms with van der Waals surface area (Å²) in [5.41, 5.74) is 2.85. The topological polar surface area (TPSA) is 28.7 Å². The van der Waals surface area contributed by atoms with E-state index < -0.39 is 0 Å². The van der Waals surface area contributed by atoms with Gasteiger partial charge in [0, 0.05) is 7.12 Å². The second-order valence-electron chi connectivity index (χ2n) is 3.30. The van der Waals surface area contributed by atoms with Gasteiger partial charge in [-0.05, 0) is 37.2 Å². The molecule has 0 amide bonds. The van der Waals surface area contributed by atoms with Crippen LogP contribution in [0.25, 0.3) is 0 Å². The highest BCUT2D eigenvalue weighted by atomic mass is 15.1. The largest absolute Gasteiger partial charge is 0.282 e. The zero-order valence-corrected chi connectivity index (χ0v) is 6.93. The standard InChI is InChI=1S/C9H14N2.H2/c1-2-7-4-3-5-9-8(7)6-10-11-9;/h6-7H,2-5H2,1H3,(H,10,11);1H. The fraction of sp³-hybridized carbons (Fsp3) is 0.667. The number of fused-ring (bicyclic) bond motifs is 1. The molecule has 62 valence electrons. The van der Waals surface area contributed by atoms with Crippen LogP contribution in [0.3, 0.4) is 0 Å². The summed E-state index contributed by atoms with van der Waals surface area (Å²) in [6, 6.07) is 0. The highest BCUT2D eigenvalue weighted by Gasteiger charge is 2.19. The van der Waals surface area contributed by atoms with Gasteiger partial charge >= 0.3 is 0 Å². The minimum Gasteiger partial charge on any atom is -0.282 e. The van der Waals surface area contributed by atoms with Crippen LogP contribution in [0.2, 0.25) is 0 Å². The van der Waals surface area contributed by atoms with Gasteiger partial charge in [0.2, 0.25) is 0 Å². The van der Waals surface area contributed by atoms with Crippen LogP contribution in [0.1, 0.15) is 44.8 Å². The van der Waals surface area contributed by atoms with Crippen molar-refractivity contribution in [3.05, 3.63) is 17.5 Å². The molecule has 0 aliphatic heterocycles. The maximum Gasteiger partial charge on any atom is 0.0524 e. The lowest BCUT2D eigenvalue weighted by atomic mass is 9.86. The van der Waals surface area contributed by atoms with E-state index in [2.05, 4.69) is 17.1 Å². The van der Waals surface area contributed by atoms with Crippen molar-refractivity contribution in [2.75, 3.05) is 0 Å². The highest BCUT2D eigenvalue weighted by Crippen LogP contribution is 2.31. The van der Waals surface area contributed by atoms with Crippen LogP contribution in [0, 0.1) is 0 Å². The first-order valence-corrected chi connectivity index (χ1v) is 4.44. The summed E-state index contributed by atoms with van der Waals surface area (Å²) < 4.78 is 0. The number of nitrogens with zero attached hydrogens (tertiary/aromatic N) is 1. The number of rotatable bonds is 1.